The molecule has 0 saturated heterocycles. The third-order valence-corrected chi connectivity index (χ3v) is 4.58. The SMILES string of the molecule is CC(c1ccc2cccccc1-2)c1ccc2cccccc1-2. The van der Waals surface area contributed by atoms with Gasteiger partial charge in [-0.3, -0.25) is 0 Å². The molecule has 0 radical (unpaired) electrons. The highest BCUT2D eigenvalue weighted by Crippen LogP contribution is 2.40. The fraction of sp³-hybridized carbons (Fsp3) is 0.0909. The van der Waals surface area contributed by atoms with Gasteiger partial charge in [0.05, 0.1) is 0 Å². The van der Waals surface area contributed by atoms with E-state index in [-0.39, 0.29) is 0 Å². The first-order valence-corrected chi connectivity index (χ1v) is 7.80. The van der Waals surface area contributed by atoms with Crippen LogP contribution in [-0.2, 0) is 0 Å². The van der Waals surface area contributed by atoms with Crippen LogP contribution in [0.3, 0.4) is 0 Å². The van der Waals surface area contributed by atoms with Gasteiger partial charge in [-0.2, -0.15) is 0 Å². The molecule has 0 aliphatic heterocycles. The number of fused-ring (bicyclic) bond motifs is 2. The van der Waals surface area contributed by atoms with Crippen LogP contribution in [0, 0.1) is 0 Å². The zero-order valence-corrected chi connectivity index (χ0v) is 12.7. The third kappa shape index (κ3) is 2.08. The van der Waals surface area contributed by atoms with Crippen LogP contribution in [0.4, 0.5) is 0 Å². The first-order valence-electron chi connectivity index (χ1n) is 7.80. The Balaban J connectivity index is 1.83. The van der Waals surface area contributed by atoms with Crippen molar-refractivity contribution in [1.29, 1.82) is 0 Å². The lowest BCUT2D eigenvalue weighted by molar-refractivity contribution is 0.938. The number of hydrogen-bond donors (Lipinski definition) is 0. The molecule has 0 saturated carbocycles. The fourth-order valence-corrected chi connectivity index (χ4v) is 3.40. The predicted molar refractivity (Wildman–Crippen MR) is 93.6 cm³/mol. The molecule has 0 aromatic heterocycles. The highest BCUT2D eigenvalue weighted by Gasteiger charge is 2.19. The third-order valence-electron chi connectivity index (χ3n) is 4.58. The Labute approximate surface area is 131 Å². The van der Waals surface area contributed by atoms with Gasteiger partial charge in [0.2, 0.25) is 0 Å². The molecule has 0 unspecified atom stereocenters. The predicted octanol–water partition coefficient (Wildman–Crippen LogP) is 6.05. The van der Waals surface area contributed by atoms with Crippen molar-refractivity contribution in [3.63, 3.8) is 0 Å². The van der Waals surface area contributed by atoms with Gasteiger partial charge >= 0.3 is 0 Å². The van der Waals surface area contributed by atoms with Crippen molar-refractivity contribution in [3.05, 3.63) is 96.1 Å². The molecule has 0 aromatic carbocycles. The largest absolute Gasteiger partial charge is 0.0622 e. The minimum Gasteiger partial charge on any atom is -0.0622 e. The Kier molecular flexibility index (Phi) is 3.16. The summed E-state index contributed by atoms with van der Waals surface area (Å²) < 4.78 is 0. The van der Waals surface area contributed by atoms with Crippen molar-refractivity contribution >= 4 is 0 Å². The van der Waals surface area contributed by atoms with Crippen molar-refractivity contribution in [2.24, 2.45) is 0 Å². The smallest absolute Gasteiger partial charge is 0.00733 e. The van der Waals surface area contributed by atoms with Crippen molar-refractivity contribution < 1.29 is 0 Å². The first-order chi connectivity index (χ1) is 10.8. The summed E-state index contributed by atoms with van der Waals surface area (Å²) in [5.74, 6) is 0.389. The molecule has 0 fully saturated rings. The molecule has 22 heavy (non-hydrogen) atoms. The Bertz CT molecular complexity index is 786. The molecule has 106 valence electrons. The topological polar surface area (TPSA) is 0 Å². The lowest BCUT2D eigenvalue weighted by Crippen LogP contribution is -1.95. The summed E-state index contributed by atoms with van der Waals surface area (Å²) in [6, 6.07) is 30.5. The van der Waals surface area contributed by atoms with E-state index in [1.807, 2.05) is 0 Å². The average Bonchev–Trinajstić information content (AvgIpc) is 2.93. The van der Waals surface area contributed by atoms with Crippen LogP contribution in [-0.4, -0.2) is 0 Å². The molecule has 4 aliphatic carbocycles. The van der Waals surface area contributed by atoms with Gasteiger partial charge in [0.1, 0.15) is 0 Å². The summed E-state index contributed by atoms with van der Waals surface area (Å²) in [6.07, 6.45) is 0. The van der Waals surface area contributed by atoms with Crippen molar-refractivity contribution in [2.45, 2.75) is 12.8 Å². The molecule has 0 amide bonds. The molecule has 0 nitrogen and oxygen atoms in total. The molecule has 4 aliphatic rings. The quantitative estimate of drug-likeness (QED) is 0.420. The van der Waals surface area contributed by atoms with Gasteiger partial charge in [0.25, 0.3) is 0 Å². The maximum atomic E-state index is 2.31. The second-order valence-electron chi connectivity index (χ2n) is 5.86. The van der Waals surface area contributed by atoms with E-state index in [1.54, 1.807) is 0 Å². The summed E-state index contributed by atoms with van der Waals surface area (Å²) in [7, 11) is 0. The van der Waals surface area contributed by atoms with Gasteiger partial charge in [-0.05, 0) is 33.4 Å². The summed E-state index contributed by atoms with van der Waals surface area (Å²) in [5.41, 5.74) is 8.15. The minimum atomic E-state index is 0.389. The molecule has 4 rings (SSSR count). The second-order valence-corrected chi connectivity index (χ2v) is 5.86. The highest BCUT2D eigenvalue weighted by atomic mass is 14.2. The van der Waals surface area contributed by atoms with E-state index in [2.05, 4.69) is 91.9 Å². The van der Waals surface area contributed by atoms with Gasteiger partial charge < -0.3 is 0 Å². The zero-order chi connectivity index (χ0) is 14.9. The zero-order valence-electron chi connectivity index (χ0n) is 12.7. The summed E-state index contributed by atoms with van der Waals surface area (Å²) in [4.78, 5) is 0. The Morgan fingerprint density at radius 2 is 0.955 bits per heavy atom. The van der Waals surface area contributed by atoms with E-state index in [0.717, 1.165) is 0 Å². The van der Waals surface area contributed by atoms with Crippen molar-refractivity contribution in [2.75, 3.05) is 0 Å². The van der Waals surface area contributed by atoms with E-state index < -0.39 is 0 Å². The van der Waals surface area contributed by atoms with Gasteiger partial charge in [0.15, 0.2) is 0 Å². The van der Waals surface area contributed by atoms with Gasteiger partial charge in [-0.1, -0.05) is 91.9 Å². The van der Waals surface area contributed by atoms with Crippen molar-refractivity contribution in [1.82, 2.24) is 0 Å². The van der Waals surface area contributed by atoms with E-state index in [0.29, 0.717) is 5.92 Å². The molecule has 0 N–H and O–H groups in total. The molecule has 0 aromatic rings. The van der Waals surface area contributed by atoms with E-state index in [4.69, 9.17) is 0 Å². The number of rotatable bonds is 2. The fourth-order valence-electron chi connectivity index (χ4n) is 3.40. The van der Waals surface area contributed by atoms with Crippen LogP contribution in [0.2, 0.25) is 0 Å². The second kappa shape index (κ2) is 5.31. The maximum absolute atomic E-state index is 2.31. The monoisotopic (exact) mass is 282 g/mol. The van der Waals surface area contributed by atoms with Gasteiger partial charge in [-0.15, -0.1) is 0 Å². The summed E-state index contributed by atoms with van der Waals surface area (Å²) in [5, 5.41) is 0. The molecule has 0 heterocycles. The average molecular weight is 282 g/mol. The minimum absolute atomic E-state index is 0.389. The van der Waals surface area contributed by atoms with Crippen LogP contribution >= 0.6 is 0 Å². The van der Waals surface area contributed by atoms with Crippen molar-refractivity contribution in [3.8, 4) is 22.3 Å². The van der Waals surface area contributed by atoms with Gasteiger partial charge in [-0.25, -0.2) is 0 Å². The van der Waals surface area contributed by atoms with Crippen LogP contribution < -0.4 is 0 Å². The van der Waals surface area contributed by atoms with Crippen LogP contribution in [0.1, 0.15) is 24.0 Å². The van der Waals surface area contributed by atoms with Crippen LogP contribution in [0.15, 0.2) is 84.9 Å². The summed E-state index contributed by atoms with van der Waals surface area (Å²) in [6.45, 7) is 2.31. The highest BCUT2D eigenvalue weighted by molar-refractivity contribution is 5.76. The lowest BCUT2D eigenvalue weighted by Gasteiger charge is -2.13. The molecule has 0 spiro atoms. The van der Waals surface area contributed by atoms with Gasteiger partial charge in [0, 0.05) is 5.92 Å². The van der Waals surface area contributed by atoms with E-state index >= 15 is 0 Å². The lowest BCUT2D eigenvalue weighted by atomic mass is 9.90. The summed E-state index contributed by atoms with van der Waals surface area (Å²) >= 11 is 0. The molecular formula is C22H18. The standard InChI is InChI=1S/C22H18/c1-16(19-14-12-17-8-4-2-6-10-21(17)19)20-15-13-18-9-5-3-7-11-22(18)20/h2-16H,1H3. The Hall–Kier alpha value is -2.60. The van der Waals surface area contributed by atoms with Crippen LogP contribution in [0.5, 0.6) is 0 Å². The molecule has 0 heteroatoms. The molecular weight excluding hydrogens is 264 g/mol. The first kappa shape index (κ1) is 13.1. The molecule has 0 bridgehead atoms. The van der Waals surface area contributed by atoms with E-state index in [1.165, 1.54) is 33.4 Å². The normalized spacial score (nSPS) is 11.4. The Morgan fingerprint density at radius 3 is 1.45 bits per heavy atom. The maximum Gasteiger partial charge on any atom is 0.00733 e. The van der Waals surface area contributed by atoms with Crippen LogP contribution in [0.25, 0.3) is 22.3 Å². The number of hydrogen-bond acceptors (Lipinski definition) is 0. The molecule has 0 atom stereocenters. The van der Waals surface area contributed by atoms with E-state index in [9.17, 15) is 0 Å². The Morgan fingerprint density at radius 1 is 0.500 bits per heavy atom.